The number of nitrogens with zero attached hydrogens (tertiary/aromatic N) is 2. The number of amides is 1. The van der Waals surface area contributed by atoms with Crippen LogP contribution in [0.4, 0.5) is 0 Å². The van der Waals surface area contributed by atoms with Gasteiger partial charge in [0, 0.05) is 16.6 Å². The third kappa shape index (κ3) is 4.11. The van der Waals surface area contributed by atoms with E-state index < -0.39 is 0 Å². The van der Waals surface area contributed by atoms with Gasteiger partial charge in [-0.25, -0.2) is 4.68 Å². The Kier molecular flexibility index (Phi) is 5.90. The largest absolute Gasteiger partial charge is 0.493 e. The molecule has 8 heteroatoms. The van der Waals surface area contributed by atoms with E-state index in [1.165, 1.54) is 4.68 Å². The zero-order valence-corrected chi connectivity index (χ0v) is 18.4. The Morgan fingerprint density at radius 3 is 2.68 bits per heavy atom. The van der Waals surface area contributed by atoms with Gasteiger partial charge < -0.3 is 14.8 Å². The van der Waals surface area contributed by atoms with Crippen molar-refractivity contribution in [2.45, 2.75) is 19.9 Å². The molecule has 0 saturated carbocycles. The minimum atomic E-state index is -0.256. The molecule has 0 spiro atoms. The van der Waals surface area contributed by atoms with E-state index in [1.807, 2.05) is 49.4 Å². The lowest BCUT2D eigenvalue weighted by atomic mass is 10.1. The molecule has 160 valence electrons. The predicted molar refractivity (Wildman–Crippen MR) is 122 cm³/mol. The summed E-state index contributed by atoms with van der Waals surface area (Å²) in [4.78, 5) is 25.5. The third-order valence-corrected chi connectivity index (χ3v) is 6.40. The number of fused-ring (bicyclic) bond motifs is 3. The van der Waals surface area contributed by atoms with Crippen molar-refractivity contribution in [1.82, 2.24) is 15.1 Å². The summed E-state index contributed by atoms with van der Waals surface area (Å²) < 4.78 is 13.7. The fraction of sp³-hybridized carbons (Fsp3) is 0.261. The lowest BCUT2D eigenvalue weighted by Gasteiger charge is -2.10. The van der Waals surface area contributed by atoms with Gasteiger partial charge >= 0.3 is 0 Å². The molecular formula is C23H23N3O4S. The molecular weight excluding hydrogens is 414 g/mol. The van der Waals surface area contributed by atoms with Crippen molar-refractivity contribution < 1.29 is 14.3 Å². The quantitative estimate of drug-likeness (QED) is 0.480. The summed E-state index contributed by atoms with van der Waals surface area (Å²) in [5.74, 6) is 1.05. The zero-order valence-electron chi connectivity index (χ0n) is 17.6. The number of ether oxygens (including phenoxy) is 2. The first-order valence-corrected chi connectivity index (χ1v) is 10.7. The molecule has 0 saturated heterocycles. The smallest absolute Gasteiger partial charge is 0.276 e. The number of rotatable bonds is 7. The monoisotopic (exact) mass is 437 g/mol. The molecule has 0 aliphatic rings. The van der Waals surface area contributed by atoms with Crippen molar-refractivity contribution in [1.29, 1.82) is 0 Å². The Morgan fingerprint density at radius 2 is 1.90 bits per heavy atom. The maximum absolute atomic E-state index is 13.0. The summed E-state index contributed by atoms with van der Waals surface area (Å²) in [6.07, 6.45) is 0.627. The van der Waals surface area contributed by atoms with E-state index in [0.29, 0.717) is 29.9 Å². The molecule has 4 rings (SSSR count). The molecule has 2 heterocycles. The van der Waals surface area contributed by atoms with Crippen LogP contribution in [-0.4, -0.2) is 36.5 Å². The number of hydrogen-bond acceptors (Lipinski definition) is 6. The van der Waals surface area contributed by atoms with Gasteiger partial charge in [-0.1, -0.05) is 24.3 Å². The minimum absolute atomic E-state index is 0.119. The van der Waals surface area contributed by atoms with Gasteiger partial charge in [-0.05, 0) is 37.1 Å². The predicted octanol–water partition coefficient (Wildman–Crippen LogP) is 3.30. The molecule has 0 aliphatic carbocycles. The van der Waals surface area contributed by atoms with Gasteiger partial charge in [-0.15, -0.1) is 11.3 Å². The van der Waals surface area contributed by atoms with Gasteiger partial charge in [0.05, 0.1) is 30.0 Å². The molecule has 0 aliphatic heterocycles. The first-order chi connectivity index (χ1) is 15.0. The van der Waals surface area contributed by atoms with Gasteiger partial charge in [0.1, 0.15) is 6.54 Å². The second-order valence-corrected chi connectivity index (χ2v) is 8.19. The van der Waals surface area contributed by atoms with Crippen LogP contribution < -0.4 is 20.3 Å². The van der Waals surface area contributed by atoms with E-state index in [9.17, 15) is 9.59 Å². The van der Waals surface area contributed by atoms with Crippen molar-refractivity contribution in [3.63, 3.8) is 0 Å². The molecule has 7 nitrogen and oxygen atoms in total. The average molecular weight is 438 g/mol. The molecule has 31 heavy (non-hydrogen) atoms. The normalized spacial score (nSPS) is 11.1. The summed E-state index contributed by atoms with van der Waals surface area (Å²) in [6.45, 7) is 2.18. The minimum Gasteiger partial charge on any atom is -0.493 e. The van der Waals surface area contributed by atoms with E-state index in [4.69, 9.17) is 9.47 Å². The van der Waals surface area contributed by atoms with E-state index >= 15 is 0 Å². The Bertz CT molecular complexity index is 1330. The SMILES string of the molecule is COc1ccc(CCNC(=O)Cn2nc(C)c3sc4ccccc4c3c2=O)cc1OC. The summed E-state index contributed by atoms with van der Waals surface area (Å²) in [5.41, 5.74) is 1.51. The van der Waals surface area contributed by atoms with Crippen molar-refractivity contribution in [2.75, 3.05) is 20.8 Å². The fourth-order valence-electron chi connectivity index (χ4n) is 3.59. The highest BCUT2D eigenvalue weighted by Crippen LogP contribution is 2.32. The summed E-state index contributed by atoms with van der Waals surface area (Å²) in [5, 5.41) is 8.76. The number of carbonyl (C=O) groups excluding carboxylic acids is 1. The fourth-order valence-corrected chi connectivity index (χ4v) is 4.73. The van der Waals surface area contributed by atoms with E-state index in [-0.39, 0.29) is 18.0 Å². The number of aromatic nitrogens is 2. The van der Waals surface area contributed by atoms with Crippen molar-refractivity contribution in [2.24, 2.45) is 0 Å². The van der Waals surface area contributed by atoms with E-state index in [1.54, 1.807) is 25.6 Å². The first kappa shape index (κ1) is 20.9. The summed E-state index contributed by atoms with van der Waals surface area (Å²) in [6, 6.07) is 13.4. The number of carbonyl (C=O) groups is 1. The third-order valence-electron chi connectivity index (χ3n) is 5.12. The lowest BCUT2D eigenvalue weighted by Crippen LogP contribution is -2.34. The van der Waals surface area contributed by atoms with Crippen LogP contribution >= 0.6 is 11.3 Å². The van der Waals surface area contributed by atoms with Crippen molar-refractivity contribution in [3.8, 4) is 11.5 Å². The van der Waals surface area contributed by atoms with Crippen LogP contribution in [0.3, 0.4) is 0 Å². The van der Waals surface area contributed by atoms with Gasteiger partial charge in [0.25, 0.3) is 5.56 Å². The summed E-state index contributed by atoms with van der Waals surface area (Å²) in [7, 11) is 3.18. The van der Waals surface area contributed by atoms with E-state index in [2.05, 4.69) is 10.4 Å². The Labute approximate surface area is 183 Å². The lowest BCUT2D eigenvalue weighted by molar-refractivity contribution is -0.121. The molecule has 0 fully saturated rings. The van der Waals surface area contributed by atoms with Gasteiger partial charge in [-0.3, -0.25) is 9.59 Å². The second kappa shape index (κ2) is 8.77. The molecule has 0 atom stereocenters. The van der Waals surface area contributed by atoms with E-state index in [0.717, 1.165) is 26.0 Å². The summed E-state index contributed by atoms with van der Waals surface area (Å²) >= 11 is 1.55. The standard InChI is InChI=1S/C23H23N3O4S/c1-14-22-21(16-6-4-5-7-19(16)31-22)23(28)26(25-14)13-20(27)24-11-10-15-8-9-17(29-2)18(12-15)30-3/h4-9,12H,10-11,13H2,1-3H3,(H,24,27). The molecule has 1 amide bonds. The Hall–Kier alpha value is -3.39. The van der Waals surface area contributed by atoms with Gasteiger partial charge in [0.15, 0.2) is 11.5 Å². The first-order valence-electron chi connectivity index (χ1n) is 9.88. The number of methoxy groups -OCH3 is 2. The Balaban J connectivity index is 1.47. The van der Waals surface area contributed by atoms with Crippen molar-refractivity contribution in [3.05, 3.63) is 64.1 Å². The highest BCUT2D eigenvalue weighted by molar-refractivity contribution is 7.26. The molecule has 0 bridgehead atoms. The molecule has 0 radical (unpaired) electrons. The van der Waals surface area contributed by atoms with Gasteiger partial charge in [0.2, 0.25) is 5.91 Å². The van der Waals surface area contributed by atoms with Crippen LogP contribution in [0.15, 0.2) is 47.3 Å². The molecule has 1 N–H and O–H groups in total. The molecule has 2 aromatic carbocycles. The van der Waals surface area contributed by atoms with Crippen LogP contribution in [0.1, 0.15) is 11.3 Å². The van der Waals surface area contributed by atoms with Gasteiger partial charge in [-0.2, -0.15) is 5.10 Å². The molecule has 2 aromatic heterocycles. The van der Waals surface area contributed by atoms with Crippen LogP contribution in [0.5, 0.6) is 11.5 Å². The van der Waals surface area contributed by atoms with Crippen molar-refractivity contribution >= 4 is 37.4 Å². The number of nitrogens with one attached hydrogen (secondary N) is 1. The number of aryl methyl sites for hydroxylation is 1. The topological polar surface area (TPSA) is 82.5 Å². The molecule has 0 unspecified atom stereocenters. The van der Waals surface area contributed by atoms with Crippen LogP contribution in [-0.2, 0) is 17.8 Å². The highest BCUT2D eigenvalue weighted by atomic mass is 32.1. The number of thiophene rings is 1. The maximum Gasteiger partial charge on any atom is 0.276 e. The second-order valence-electron chi connectivity index (χ2n) is 7.14. The highest BCUT2D eigenvalue weighted by Gasteiger charge is 2.16. The number of benzene rings is 2. The maximum atomic E-state index is 13.0. The Morgan fingerprint density at radius 1 is 1.13 bits per heavy atom. The zero-order chi connectivity index (χ0) is 22.0. The van der Waals surface area contributed by atoms with Crippen LogP contribution in [0.25, 0.3) is 20.2 Å². The average Bonchev–Trinajstić information content (AvgIpc) is 3.17. The van der Waals surface area contributed by atoms with Crippen LogP contribution in [0, 0.1) is 6.92 Å². The molecule has 4 aromatic rings. The van der Waals surface area contributed by atoms with Crippen LogP contribution in [0.2, 0.25) is 0 Å². The number of hydrogen-bond donors (Lipinski definition) is 1.